The maximum absolute atomic E-state index is 13.1. The van der Waals surface area contributed by atoms with Crippen LogP contribution in [0.25, 0.3) is 0 Å². The van der Waals surface area contributed by atoms with E-state index in [9.17, 15) is 18.0 Å². The van der Waals surface area contributed by atoms with E-state index in [1.807, 2.05) is 32.9 Å². The molecule has 0 spiro atoms. The molecule has 0 aliphatic rings. The van der Waals surface area contributed by atoms with Gasteiger partial charge in [-0.2, -0.15) is 13.2 Å². The number of nitrogens with one attached hydrogen (secondary N) is 1. The Labute approximate surface area is 139 Å². The molecule has 2 aromatic carbocycles. The Kier molecular flexibility index (Phi) is 5.02. The summed E-state index contributed by atoms with van der Waals surface area (Å²) in [5.41, 5.74) is -0.0894. The molecule has 1 N–H and O–H groups in total. The zero-order valence-corrected chi connectivity index (χ0v) is 13.9. The van der Waals surface area contributed by atoms with Gasteiger partial charge in [0.15, 0.2) is 0 Å². The van der Waals surface area contributed by atoms with Gasteiger partial charge in [-0.1, -0.05) is 51.1 Å². The molecule has 0 aromatic heterocycles. The molecule has 1 amide bonds. The summed E-state index contributed by atoms with van der Waals surface area (Å²) in [5.74, 6) is -0.762. The number of para-hydroxylation sites is 1. The van der Waals surface area contributed by atoms with Gasteiger partial charge < -0.3 is 5.32 Å². The molecule has 0 unspecified atom stereocenters. The first kappa shape index (κ1) is 18.0. The Balaban J connectivity index is 2.40. The van der Waals surface area contributed by atoms with E-state index >= 15 is 0 Å². The number of alkyl halides is 3. The number of anilines is 1. The predicted molar refractivity (Wildman–Crippen MR) is 89.2 cm³/mol. The van der Waals surface area contributed by atoms with Gasteiger partial charge in [0, 0.05) is 5.69 Å². The Morgan fingerprint density at radius 1 is 0.958 bits per heavy atom. The van der Waals surface area contributed by atoms with Crippen LogP contribution < -0.4 is 5.32 Å². The third kappa shape index (κ3) is 3.78. The first-order chi connectivity index (χ1) is 11.2. The molecule has 0 aliphatic carbocycles. The van der Waals surface area contributed by atoms with E-state index in [0.29, 0.717) is 5.69 Å². The lowest BCUT2D eigenvalue weighted by atomic mass is 9.81. The van der Waals surface area contributed by atoms with Crippen LogP contribution in [0.5, 0.6) is 0 Å². The van der Waals surface area contributed by atoms with Gasteiger partial charge >= 0.3 is 6.18 Å². The Morgan fingerprint density at radius 3 is 2.08 bits per heavy atom. The molecule has 0 aliphatic heterocycles. The minimum Gasteiger partial charge on any atom is -0.322 e. The van der Waals surface area contributed by atoms with Gasteiger partial charge in [0.05, 0.1) is 11.1 Å². The summed E-state index contributed by atoms with van der Waals surface area (Å²) in [6, 6.07) is 12.0. The molecule has 24 heavy (non-hydrogen) atoms. The Hall–Kier alpha value is -2.30. The van der Waals surface area contributed by atoms with Crippen LogP contribution in [-0.2, 0) is 11.6 Å². The van der Waals surface area contributed by atoms with E-state index in [1.54, 1.807) is 12.1 Å². The highest BCUT2D eigenvalue weighted by molar-refractivity contribution is 6.05. The van der Waals surface area contributed by atoms with Crippen molar-refractivity contribution in [1.82, 2.24) is 0 Å². The van der Waals surface area contributed by atoms with Gasteiger partial charge in [0.25, 0.3) is 5.91 Å². The van der Waals surface area contributed by atoms with E-state index in [4.69, 9.17) is 0 Å². The molecule has 0 radical (unpaired) electrons. The largest absolute Gasteiger partial charge is 0.417 e. The number of halogens is 3. The van der Waals surface area contributed by atoms with Gasteiger partial charge in [-0.3, -0.25) is 4.79 Å². The highest BCUT2D eigenvalue weighted by atomic mass is 19.4. The number of carbonyl (C=O) groups excluding carboxylic acids is 1. The molecule has 0 saturated carbocycles. The highest BCUT2D eigenvalue weighted by Crippen LogP contribution is 2.34. The molecule has 0 bridgehead atoms. The Bertz CT molecular complexity index is 735. The number of benzene rings is 2. The normalized spacial score (nSPS) is 12.1. The molecule has 2 rings (SSSR count). The lowest BCUT2D eigenvalue weighted by Crippen LogP contribution is -2.22. The monoisotopic (exact) mass is 335 g/mol. The minimum absolute atomic E-state index is 0.201. The van der Waals surface area contributed by atoms with Crippen LogP contribution in [0.3, 0.4) is 0 Å². The maximum Gasteiger partial charge on any atom is 0.417 e. The second-order valence-electron chi connectivity index (χ2n) is 6.28. The van der Waals surface area contributed by atoms with E-state index in [-0.39, 0.29) is 11.0 Å². The fourth-order valence-corrected chi connectivity index (χ4v) is 2.49. The van der Waals surface area contributed by atoms with Crippen LogP contribution in [0.15, 0.2) is 48.5 Å². The van der Waals surface area contributed by atoms with E-state index in [2.05, 4.69) is 5.32 Å². The number of rotatable bonds is 4. The van der Waals surface area contributed by atoms with Gasteiger partial charge in [-0.25, -0.2) is 0 Å². The fourth-order valence-electron chi connectivity index (χ4n) is 2.49. The van der Waals surface area contributed by atoms with Crippen molar-refractivity contribution in [3.63, 3.8) is 0 Å². The zero-order valence-electron chi connectivity index (χ0n) is 13.9. The lowest BCUT2D eigenvalue weighted by Gasteiger charge is -2.26. The summed E-state index contributed by atoms with van der Waals surface area (Å²) in [5, 5.41) is 2.64. The van der Waals surface area contributed by atoms with Crippen molar-refractivity contribution in [2.75, 3.05) is 5.32 Å². The molecule has 2 nitrogen and oxygen atoms in total. The zero-order chi connectivity index (χ0) is 18.0. The van der Waals surface area contributed by atoms with E-state index < -0.39 is 17.6 Å². The van der Waals surface area contributed by atoms with Crippen LogP contribution in [0.1, 0.15) is 48.7 Å². The average molecular weight is 335 g/mol. The third-order valence-electron chi connectivity index (χ3n) is 4.27. The second kappa shape index (κ2) is 6.67. The van der Waals surface area contributed by atoms with Gasteiger partial charge in [0.2, 0.25) is 0 Å². The topological polar surface area (TPSA) is 29.1 Å². The van der Waals surface area contributed by atoms with Gasteiger partial charge in [-0.05, 0) is 35.6 Å². The molecule has 0 fully saturated rings. The molecule has 0 heterocycles. The fraction of sp³-hybridized carbons (Fsp3) is 0.316. The Morgan fingerprint density at radius 2 is 1.50 bits per heavy atom. The third-order valence-corrected chi connectivity index (χ3v) is 4.27. The summed E-state index contributed by atoms with van der Waals surface area (Å²) >= 11 is 0. The van der Waals surface area contributed by atoms with Crippen LogP contribution in [0, 0.1) is 0 Å². The van der Waals surface area contributed by atoms with Crippen molar-refractivity contribution in [3.05, 3.63) is 65.2 Å². The van der Waals surface area contributed by atoms with Crippen molar-refractivity contribution >= 4 is 11.6 Å². The first-order valence-corrected chi connectivity index (χ1v) is 7.74. The van der Waals surface area contributed by atoms with Crippen LogP contribution in [0.4, 0.5) is 18.9 Å². The number of amides is 1. The van der Waals surface area contributed by atoms with Crippen molar-refractivity contribution < 1.29 is 18.0 Å². The quantitative estimate of drug-likeness (QED) is 0.769. The van der Waals surface area contributed by atoms with Crippen molar-refractivity contribution in [2.24, 2.45) is 0 Å². The SMILES string of the molecule is CCC(C)(C)c1ccccc1NC(=O)c1ccccc1C(F)(F)F. The summed E-state index contributed by atoms with van der Waals surface area (Å²) in [6.07, 6.45) is -3.74. The number of hydrogen-bond acceptors (Lipinski definition) is 1. The lowest BCUT2D eigenvalue weighted by molar-refractivity contribution is -0.137. The number of hydrogen-bond donors (Lipinski definition) is 1. The van der Waals surface area contributed by atoms with Gasteiger partial charge in [0.1, 0.15) is 0 Å². The average Bonchev–Trinajstić information content (AvgIpc) is 2.54. The predicted octanol–water partition coefficient (Wildman–Crippen LogP) is 5.65. The van der Waals surface area contributed by atoms with Crippen molar-refractivity contribution in [3.8, 4) is 0 Å². The molecule has 0 atom stereocenters. The summed E-state index contributed by atoms with van der Waals surface area (Å²) in [6.45, 7) is 6.08. The van der Waals surface area contributed by atoms with Crippen molar-refractivity contribution in [2.45, 2.75) is 38.8 Å². The molecule has 0 saturated heterocycles. The molecule has 5 heteroatoms. The standard InChI is InChI=1S/C19H20F3NO/c1-4-18(2,3)15-11-7-8-12-16(15)23-17(24)13-9-5-6-10-14(13)19(20,21)22/h5-12H,4H2,1-3H3,(H,23,24). The van der Waals surface area contributed by atoms with Crippen LogP contribution in [-0.4, -0.2) is 5.91 Å². The molecule has 128 valence electrons. The van der Waals surface area contributed by atoms with E-state index in [1.165, 1.54) is 18.2 Å². The molecule has 2 aromatic rings. The summed E-state index contributed by atoms with van der Waals surface area (Å²) < 4.78 is 39.3. The number of carbonyl (C=O) groups is 1. The molecular formula is C19H20F3NO. The van der Waals surface area contributed by atoms with Crippen LogP contribution >= 0.6 is 0 Å². The molecular weight excluding hydrogens is 315 g/mol. The van der Waals surface area contributed by atoms with Crippen LogP contribution in [0.2, 0.25) is 0 Å². The summed E-state index contributed by atoms with van der Waals surface area (Å²) in [7, 11) is 0. The second-order valence-corrected chi connectivity index (χ2v) is 6.28. The first-order valence-electron chi connectivity index (χ1n) is 7.74. The van der Waals surface area contributed by atoms with Crippen molar-refractivity contribution in [1.29, 1.82) is 0 Å². The van der Waals surface area contributed by atoms with Gasteiger partial charge in [-0.15, -0.1) is 0 Å². The van der Waals surface area contributed by atoms with E-state index in [0.717, 1.165) is 18.1 Å². The maximum atomic E-state index is 13.1. The minimum atomic E-state index is -4.57. The summed E-state index contributed by atoms with van der Waals surface area (Å²) in [4.78, 5) is 12.4. The smallest absolute Gasteiger partial charge is 0.322 e. The highest BCUT2D eigenvalue weighted by Gasteiger charge is 2.35.